The van der Waals surface area contributed by atoms with Crippen molar-refractivity contribution in [1.29, 1.82) is 0 Å². The first-order valence-corrected chi connectivity index (χ1v) is 2.58. The molecule has 1 aromatic rings. The molecule has 0 aromatic heterocycles. The molecule has 0 amide bonds. The van der Waals surface area contributed by atoms with Gasteiger partial charge in [0.05, 0.1) is 6.61 Å². The number of rotatable bonds is 1. The van der Waals surface area contributed by atoms with Crippen molar-refractivity contribution in [1.82, 2.24) is 0 Å². The van der Waals surface area contributed by atoms with E-state index in [2.05, 4.69) is 0 Å². The van der Waals surface area contributed by atoms with Gasteiger partial charge >= 0.3 is 88.7 Å². The Labute approximate surface area is 134 Å². The summed E-state index contributed by atoms with van der Waals surface area (Å²) >= 11 is 0. The number of hydrogen-bond acceptors (Lipinski definition) is 1. The Hall–Kier alpha value is 2.18. The SMILES string of the molecule is OCc1ccccc1.[NaH].[NaH].[NaH]. The van der Waals surface area contributed by atoms with Crippen molar-refractivity contribution < 1.29 is 5.11 Å². The molecule has 0 bridgehead atoms. The molecule has 0 aliphatic heterocycles. The fraction of sp³-hybridized carbons (Fsp3) is 0.143. The average Bonchev–Trinajstić information content (AvgIpc) is 1.90. The molecule has 1 N–H and O–H groups in total. The molecular formula is C7H11Na3O. The first-order chi connectivity index (χ1) is 3.93. The first kappa shape index (κ1) is 18.9. The molecule has 0 aliphatic rings. The molecule has 0 fully saturated rings. The monoisotopic (exact) mass is 180 g/mol. The Balaban J connectivity index is -0.000000213. The van der Waals surface area contributed by atoms with Crippen LogP contribution in [0, 0.1) is 0 Å². The van der Waals surface area contributed by atoms with Crippen molar-refractivity contribution in [3.63, 3.8) is 0 Å². The van der Waals surface area contributed by atoms with Crippen molar-refractivity contribution in [3.05, 3.63) is 35.9 Å². The van der Waals surface area contributed by atoms with Gasteiger partial charge in [-0.2, -0.15) is 0 Å². The summed E-state index contributed by atoms with van der Waals surface area (Å²) in [7, 11) is 0. The minimum absolute atomic E-state index is 0. The van der Waals surface area contributed by atoms with E-state index in [1.54, 1.807) is 0 Å². The predicted molar refractivity (Wildman–Crippen MR) is 53.8 cm³/mol. The van der Waals surface area contributed by atoms with Crippen LogP contribution >= 0.6 is 0 Å². The molecular weight excluding hydrogens is 169 g/mol. The standard InChI is InChI=1S/C7H8O.3Na.3H/c8-6-7-4-2-1-3-5-7;;;;;;/h1-5,8H,6H2;;;;;;. The Morgan fingerprint density at radius 3 is 1.64 bits per heavy atom. The molecule has 48 valence electrons. The molecule has 11 heavy (non-hydrogen) atoms. The fourth-order valence-corrected chi connectivity index (χ4v) is 0.583. The van der Waals surface area contributed by atoms with Gasteiger partial charge in [0.2, 0.25) is 0 Å². The van der Waals surface area contributed by atoms with Gasteiger partial charge in [-0.15, -0.1) is 0 Å². The van der Waals surface area contributed by atoms with Crippen LogP contribution in [-0.2, 0) is 6.61 Å². The molecule has 0 heterocycles. The zero-order valence-corrected chi connectivity index (χ0v) is 4.54. The van der Waals surface area contributed by atoms with Gasteiger partial charge in [0, 0.05) is 0 Å². The zero-order chi connectivity index (χ0) is 5.82. The van der Waals surface area contributed by atoms with E-state index in [1.165, 1.54) is 0 Å². The van der Waals surface area contributed by atoms with Gasteiger partial charge in [-0.25, -0.2) is 0 Å². The summed E-state index contributed by atoms with van der Waals surface area (Å²) in [6.07, 6.45) is 0. The fourth-order valence-electron chi connectivity index (χ4n) is 0.583. The van der Waals surface area contributed by atoms with Gasteiger partial charge in [-0.05, 0) is 5.56 Å². The average molecular weight is 180 g/mol. The Morgan fingerprint density at radius 1 is 0.909 bits per heavy atom. The summed E-state index contributed by atoms with van der Waals surface area (Å²) in [6, 6.07) is 9.52. The molecule has 0 aliphatic carbocycles. The van der Waals surface area contributed by atoms with E-state index in [1.807, 2.05) is 30.3 Å². The summed E-state index contributed by atoms with van der Waals surface area (Å²) in [4.78, 5) is 0. The quantitative estimate of drug-likeness (QED) is 0.563. The third-order valence-electron chi connectivity index (χ3n) is 1.03. The third kappa shape index (κ3) is 8.51. The van der Waals surface area contributed by atoms with Crippen LogP contribution in [0.25, 0.3) is 0 Å². The van der Waals surface area contributed by atoms with Crippen LogP contribution in [0.2, 0.25) is 0 Å². The van der Waals surface area contributed by atoms with Crippen LogP contribution in [0.15, 0.2) is 30.3 Å². The van der Waals surface area contributed by atoms with E-state index in [4.69, 9.17) is 5.11 Å². The van der Waals surface area contributed by atoms with Crippen molar-refractivity contribution >= 4 is 88.7 Å². The van der Waals surface area contributed by atoms with Crippen molar-refractivity contribution in [3.8, 4) is 0 Å². The van der Waals surface area contributed by atoms with Crippen molar-refractivity contribution in [2.24, 2.45) is 0 Å². The normalized spacial score (nSPS) is 6.64. The van der Waals surface area contributed by atoms with E-state index in [0.717, 1.165) is 5.56 Å². The summed E-state index contributed by atoms with van der Waals surface area (Å²) in [5.74, 6) is 0. The van der Waals surface area contributed by atoms with Crippen LogP contribution in [0.1, 0.15) is 5.56 Å². The molecule has 1 aromatic carbocycles. The number of benzene rings is 1. The number of aliphatic hydroxyl groups excluding tert-OH is 1. The Morgan fingerprint density at radius 2 is 1.36 bits per heavy atom. The molecule has 0 spiro atoms. The summed E-state index contributed by atoms with van der Waals surface area (Å²) in [5.41, 5.74) is 0.965. The van der Waals surface area contributed by atoms with Gasteiger partial charge in [-0.3, -0.25) is 0 Å². The van der Waals surface area contributed by atoms with E-state index in [0.29, 0.717) is 0 Å². The topological polar surface area (TPSA) is 20.2 Å². The maximum absolute atomic E-state index is 8.54. The summed E-state index contributed by atoms with van der Waals surface area (Å²) < 4.78 is 0. The van der Waals surface area contributed by atoms with Crippen LogP contribution in [0.5, 0.6) is 0 Å². The second-order valence-corrected chi connectivity index (χ2v) is 1.64. The van der Waals surface area contributed by atoms with E-state index in [9.17, 15) is 0 Å². The van der Waals surface area contributed by atoms with E-state index in [-0.39, 0.29) is 95.3 Å². The Kier molecular flexibility index (Phi) is 20.9. The number of aliphatic hydroxyl groups is 1. The van der Waals surface area contributed by atoms with Crippen LogP contribution < -0.4 is 0 Å². The van der Waals surface area contributed by atoms with E-state index >= 15 is 0 Å². The van der Waals surface area contributed by atoms with Gasteiger partial charge in [0.15, 0.2) is 0 Å². The second-order valence-electron chi connectivity index (χ2n) is 1.64. The molecule has 1 rings (SSSR count). The van der Waals surface area contributed by atoms with Crippen molar-refractivity contribution in [2.75, 3.05) is 0 Å². The molecule has 1 nitrogen and oxygen atoms in total. The molecule has 0 saturated heterocycles. The Bertz CT molecular complexity index is 155. The zero-order valence-electron chi connectivity index (χ0n) is 4.54. The van der Waals surface area contributed by atoms with Crippen LogP contribution in [0.4, 0.5) is 0 Å². The number of hydrogen-bond donors (Lipinski definition) is 1. The van der Waals surface area contributed by atoms with Crippen molar-refractivity contribution in [2.45, 2.75) is 6.61 Å². The molecule has 4 heteroatoms. The second kappa shape index (κ2) is 12.2. The first-order valence-electron chi connectivity index (χ1n) is 2.58. The molecule has 0 radical (unpaired) electrons. The molecule has 0 unspecified atom stereocenters. The summed E-state index contributed by atoms with van der Waals surface area (Å²) in [6.45, 7) is 0.140. The van der Waals surface area contributed by atoms with Gasteiger partial charge in [-0.1, -0.05) is 30.3 Å². The maximum atomic E-state index is 8.54. The van der Waals surface area contributed by atoms with Gasteiger partial charge in [0.25, 0.3) is 0 Å². The molecule has 0 saturated carbocycles. The van der Waals surface area contributed by atoms with Crippen LogP contribution in [0.3, 0.4) is 0 Å². The van der Waals surface area contributed by atoms with Crippen LogP contribution in [-0.4, -0.2) is 93.8 Å². The third-order valence-corrected chi connectivity index (χ3v) is 1.03. The molecule has 0 atom stereocenters. The minimum atomic E-state index is 0. The predicted octanol–water partition coefficient (Wildman–Crippen LogP) is -0.767. The van der Waals surface area contributed by atoms with Gasteiger partial charge in [0.1, 0.15) is 0 Å². The van der Waals surface area contributed by atoms with E-state index < -0.39 is 0 Å². The van der Waals surface area contributed by atoms with Gasteiger partial charge < -0.3 is 5.11 Å². The summed E-state index contributed by atoms with van der Waals surface area (Å²) in [5, 5.41) is 8.54.